The third kappa shape index (κ3) is 2.89. The summed E-state index contributed by atoms with van der Waals surface area (Å²) in [5, 5.41) is 11.1. The highest BCUT2D eigenvalue weighted by Crippen LogP contribution is 2.53. The van der Waals surface area contributed by atoms with Gasteiger partial charge in [-0.1, -0.05) is 48.5 Å². The number of benzene rings is 2. The largest absolute Gasteiger partial charge is 0.479 e. The molecule has 2 aliphatic carbocycles. The Kier molecular flexibility index (Phi) is 4.10. The standard InChI is InChI=1S/C20H16F3NO4/c21-20(22,23)16-9-19(16,17(25)26)24-18(27)28-10-15-13-7-3-1-5-11(13)12-6-2-4-8-14(12)15/h1-8,15-16H,9-10H2,(H,24,27)(H,25,26)/t16-,19-/m0/s1. The van der Waals surface area contributed by atoms with E-state index in [1.54, 1.807) is 0 Å². The van der Waals surface area contributed by atoms with E-state index >= 15 is 0 Å². The molecular formula is C20H16F3NO4. The van der Waals surface area contributed by atoms with Crippen LogP contribution in [0.2, 0.25) is 0 Å². The van der Waals surface area contributed by atoms with Crippen molar-refractivity contribution in [2.24, 2.45) is 5.92 Å². The van der Waals surface area contributed by atoms with E-state index in [-0.39, 0.29) is 12.5 Å². The number of alkyl halides is 3. The van der Waals surface area contributed by atoms with Crippen LogP contribution in [0.15, 0.2) is 48.5 Å². The smallest absolute Gasteiger partial charge is 0.408 e. The summed E-state index contributed by atoms with van der Waals surface area (Å²) in [6, 6.07) is 15.2. The molecule has 0 aliphatic heterocycles. The first kappa shape index (κ1) is 18.3. The van der Waals surface area contributed by atoms with E-state index in [0.29, 0.717) is 0 Å². The summed E-state index contributed by atoms with van der Waals surface area (Å²) < 4.78 is 43.7. The second-order valence-electron chi connectivity index (χ2n) is 7.03. The van der Waals surface area contributed by atoms with Crippen LogP contribution in [0.4, 0.5) is 18.0 Å². The first-order valence-electron chi connectivity index (χ1n) is 8.67. The number of hydrogen-bond acceptors (Lipinski definition) is 3. The van der Waals surface area contributed by atoms with Gasteiger partial charge >= 0.3 is 18.2 Å². The van der Waals surface area contributed by atoms with Crippen LogP contribution in [-0.4, -0.2) is 35.5 Å². The summed E-state index contributed by atoms with van der Waals surface area (Å²) >= 11 is 0. The Balaban J connectivity index is 1.48. The Morgan fingerprint density at radius 3 is 2.07 bits per heavy atom. The van der Waals surface area contributed by atoms with Crippen LogP contribution in [0.3, 0.4) is 0 Å². The fraction of sp³-hybridized carbons (Fsp3) is 0.300. The molecule has 5 nitrogen and oxygen atoms in total. The maximum absolute atomic E-state index is 12.9. The van der Waals surface area contributed by atoms with E-state index in [9.17, 15) is 22.8 Å². The van der Waals surface area contributed by atoms with Gasteiger partial charge < -0.3 is 15.2 Å². The van der Waals surface area contributed by atoms with E-state index in [1.807, 2.05) is 53.8 Å². The van der Waals surface area contributed by atoms with Gasteiger partial charge in [0.05, 0.1) is 5.92 Å². The molecule has 0 bridgehead atoms. The molecule has 146 valence electrons. The molecule has 0 aromatic heterocycles. The lowest BCUT2D eigenvalue weighted by Gasteiger charge is -2.18. The summed E-state index contributed by atoms with van der Waals surface area (Å²) in [6.45, 7) is -0.105. The highest BCUT2D eigenvalue weighted by molar-refractivity contribution is 5.88. The number of halogens is 3. The Morgan fingerprint density at radius 2 is 1.61 bits per heavy atom. The molecule has 0 spiro atoms. The number of carboxylic acid groups (broad SMARTS) is 1. The average molecular weight is 391 g/mol. The maximum Gasteiger partial charge on any atom is 0.408 e. The molecule has 0 heterocycles. The Labute approximate surface area is 158 Å². The quantitative estimate of drug-likeness (QED) is 0.828. The second kappa shape index (κ2) is 6.25. The lowest BCUT2D eigenvalue weighted by atomic mass is 9.98. The third-order valence-electron chi connectivity index (χ3n) is 5.41. The molecule has 1 amide bonds. The van der Waals surface area contributed by atoms with Crippen molar-refractivity contribution in [2.75, 3.05) is 6.61 Å². The van der Waals surface area contributed by atoms with Crippen LogP contribution in [0.25, 0.3) is 11.1 Å². The van der Waals surface area contributed by atoms with Gasteiger partial charge in [0.25, 0.3) is 0 Å². The molecule has 0 radical (unpaired) electrons. The number of carboxylic acids is 1. The number of carbonyl (C=O) groups excluding carboxylic acids is 1. The van der Waals surface area contributed by atoms with Crippen LogP contribution in [0, 0.1) is 5.92 Å². The zero-order chi connectivity index (χ0) is 20.1. The van der Waals surface area contributed by atoms with Gasteiger partial charge in [-0.25, -0.2) is 9.59 Å². The lowest BCUT2D eigenvalue weighted by Crippen LogP contribution is -2.47. The van der Waals surface area contributed by atoms with E-state index in [2.05, 4.69) is 0 Å². The zero-order valence-electron chi connectivity index (χ0n) is 14.5. The number of ether oxygens (including phenoxy) is 1. The van der Waals surface area contributed by atoms with Crippen LogP contribution < -0.4 is 5.32 Å². The molecule has 2 atom stereocenters. The predicted molar refractivity (Wildman–Crippen MR) is 92.7 cm³/mol. The average Bonchev–Trinajstić information content (AvgIpc) is 3.31. The van der Waals surface area contributed by atoms with E-state index in [0.717, 1.165) is 22.3 Å². The van der Waals surface area contributed by atoms with Crippen molar-refractivity contribution in [2.45, 2.75) is 24.1 Å². The van der Waals surface area contributed by atoms with Gasteiger partial charge in [-0.05, 0) is 28.7 Å². The molecule has 0 unspecified atom stereocenters. The van der Waals surface area contributed by atoms with Crippen molar-refractivity contribution >= 4 is 12.1 Å². The van der Waals surface area contributed by atoms with Crippen molar-refractivity contribution in [1.82, 2.24) is 5.32 Å². The molecule has 1 fully saturated rings. The Morgan fingerprint density at radius 1 is 1.07 bits per heavy atom. The van der Waals surface area contributed by atoms with Gasteiger partial charge in [0, 0.05) is 5.92 Å². The molecule has 2 N–H and O–H groups in total. The minimum Gasteiger partial charge on any atom is -0.479 e. The van der Waals surface area contributed by atoms with Gasteiger partial charge in [0.15, 0.2) is 5.54 Å². The second-order valence-corrected chi connectivity index (χ2v) is 7.03. The third-order valence-corrected chi connectivity index (χ3v) is 5.41. The molecular weight excluding hydrogens is 375 g/mol. The number of aliphatic carboxylic acids is 1. The molecule has 4 rings (SSSR count). The van der Waals surface area contributed by atoms with Crippen LogP contribution in [-0.2, 0) is 9.53 Å². The fourth-order valence-corrected chi connectivity index (χ4v) is 3.90. The molecule has 8 heteroatoms. The number of carbonyl (C=O) groups is 2. The number of fused-ring (bicyclic) bond motifs is 3. The summed E-state index contributed by atoms with van der Waals surface area (Å²) in [5.41, 5.74) is 1.57. The van der Waals surface area contributed by atoms with Gasteiger partial charge in [-0.2, -0.15) is 13.2 Å². The van der Waals surface area contributed by atoms with Gasteiger partial charge in [0.1, 0.15) is 6.61 Å². The van der Waals surface area contributed by atoms with Crippen molar-refractivity contribution in [3.8, 4) is 11.1 Å². The summed E-state index contributed by atoms with van der Waals surface area (Å²) in [7, 11) is 0. The van der Waals surface area contributed by atoms with E-state index in [1.165, 1.54) is 0 Å². The van der Waals surface area contributed by atoms with Gasteiger partial charge in [0.2, 0.25) is 0 Å². The Hall–Kier alpha value is -3.03. The van der Waals surface area contributed by atoms with Crippen LogP contribution in [0.5, 0.6) is 0 Å². The van der Waals surface area contributed by atoms with Crippen LogP contribution in [0.1, 0.15) is 23.5 Å². The lowest BCUT2D eigenvalue weighted by molar-refractivity contribution is -0.163. The molecule has 28 heavy (non-hydrogen) atoms. The van der Waals surface area contributed by atoms with Gasteiger partial charge in [-0.15, -0.1) is 0 Å². The SMILES string of the molecule is O=C(N[C@@]1(C(=O)O)C[C@@H]1C(F)(F)F)OCC1c2ccccc2-c2ccccc21. The van der Waals surface area contributed by atoms with E-state index in [4.69, 9.17) is 9.84 Å². The first-order valence-corrected chi connectivity index (χ1v) is 8.67. The molecule has 0 saturated heterocycles. The number of nitrogens with one attached hydrogen (secondary N) is 1. The van der Waals surface area contributed by atoms with Crippen molar-refractivity contribution in [3.05, 3.63) is 59.7 Å². The minimum atomic E-state index is -4.70. The van der Waals surface area contributed by atoms with Crippen molar-refractivity contribution < 1.29 is 32.6 Å². The van der Waals surface area contributed by atoms with Crippen molar-refractivity contribution in [3.63, 3.8) is 0 Å². The zero-order valence-corrected chi connectivity index (χ0v) is 14.5. The number of hydrogen-bond donors (Lipinski definition) is 2. The van der Waals surface area contributed by atoms with Crippen LogP contribution >= 0.6 is 0 Å². The topological polar surface area (TPSA) is 75.6 Å². The predicted octanol–water partition coefficient (Wildman–Crippen LogP) is 3.93. The summed E-state index contributed by atoms with van der Waals surface area (Å²) in [5.74, 6) is -4.10. The monoisotopic (exact) mass is 391 g/mol. The number of amides is 1. The summed E-state index contributed by atoms with van der Waals surface area (Å²) in [6.07, 6.45) is -6.57. The van der Waals surface area contributed by atoms with E-state index < -0.39 is 36.1 Å². The van der Waals surface area contributed by atoms with Crippen molar-refractivity contribution in [1.29, 1.82) is 0 Å². The molecule has 2 aromatic carbocycles. The molecule has 1 saturated carbocycles. The Bertz CT molecular complexity index is 913. The highest BCUT2D eigenvalue weighted by Gasteiger charge is 2.72. The maximum atomic E-state index is 12.9. The number of alkyl carbamates (subject to hydrolysis) is 1. The fourth-order valence-electron chi connectivity index (χ4n) is 3.90. The van der Waals surface area contributed by atoms with Gasteiger partial charge in [-0.3, -0.25) is 0 Å². The molecule has 2 aliphatic rings. The summed E-state index contributed by atoms with van der Waals surface area (Å²) in [4.78, 5) is 23.4. The number of rotatable bonds is 4. The normalized spacial score (nSPS) is 22.9. The first-order chi connectivity index (χ1) is 13.2. The minimum absolute atomic E-state index is 0.105. The molecule has 2 aromatic rings. The highest BCUT2D eigenvalue weighted by atomic mass is 19.4.